The second kappa shape index (κ2) is 4.63. The van der Waals surface area contributed by atoms with Gasteiger partial charge in [-0.25, -0.2) is 4.39 Å². The number of aromatic nitrogens is 1. The number of carbonyl (C=O) groups is 1. The van der Waals surface area contributed by atoms with Gasteiger partial charge in [-0.15, -0.1) is 0 Å². The maximum atomic E-state index is 13.3. The van der Waals surface area contributed by atoms with Gasteiger partial charge in [-0.1, -0.05) is 11.6 Å². The molecule has 17 heavy (non-hydrogen) atoms. The van der Waals surface area contributed by atoms with Crippen LogP contribution >= 0.6 is 11.6 Å². The molecule has 2 rings (SSSR count). The number of carbonyl (C=O) groups excluding carboxylic acids is 1. The minimum Gasteiger partial charge on any atom is -0.298 e. The zero-order valence-corrected chi connectivity index (χ0v) is 9.83. The summed E-state index contributed by atoms with van der Waals surface area (Å²) < 4.78 is 13.3. The smallest absolute Gasteiger partial charge is 0.151 e. The van der Waals surface area contributed by atoms with Gasteiger partial charge < -0.3 is 0 Å². The van der Waals surface area contributed by atoms with Crippen molar-refractivity contribution in [1.29, 1.82) is 0 Å². The third-order valence-electron chi connectivity index (χ3n) is 2.45. The monoisotopic (exact) mass is 249 g/mol. The molecule has 2 nitrogen and oxygen atoms in total. The highest BCUT2D eigenvalue weighted by molar-refractivity contribution is 6.33. The van der Waals surface area contributed by atoms with Crippen LogP contribution in [0.3, 0.4) is 0 Å². The minimum atomic E-state index is -0.349. The van der Waals surface area contributed by atoms with Crippen LogP contribution < -0.4 is 0 Å². The van der Waals surface area contributed by atoms with E-state index in [1.807, 2.05) is 0 Å². The van der Waals surface area contributed by atoms with Crippen molar-refractivity contribution in [2.45, 2.75) is 6.92 Å². The summed E-state index contributed by atoms with van der Waals surface area (Å²) in [7, 11) is 0. The molecule has 0 unspecified atom stereocenters. The molecule has 0 aliphatic heterocycles. The van der Waals surface area contributed by atoms with Crippen LogP contribution in [-0.2, 0) is 0 Å². The summed E-state index contributed by atoms with van der Waals surface area (Å²) in [5.74, 6) is -0.349. The van der Waals surface area contributed by atoms with Crippen molar-refractivity contribution in [2.24, 2.45) is 0 Å². The quantitative estimate of drug-likeness (QED) is 0.761. The topological polar surface area (TPSA) is 30.0 Å². The number of hydrogen-bond donors (Lipinski definition) is 0. The molecule has 0 saturated heterocycles. The Bertz CT molecular complexity index is 584. The number of nitrogens with zero attached hydrogens (tertiary/aromatic N) is 1. The Morgan fingerprint density at radius 1 is 1.29 bits per heavy atom. The van der Waals surface area contributed by atoms with E-state index < -0.39 is 0 Å². The molecule has 0 saturated carbocycles. The summed E-state index contributed by atoms with van der Waals surface area (Å²) in [6.07, 6.45) is 3.76. The van der Waals surface area contributed by atoms with Gasteiger partial charge in [-0.05, 0) is 30.7 Å². The molecule has 1 aromatic heterocycles. The van der Waals surface area contributed by atoms with Crippen LogP contribution in [0.1, 0.15) is 15.9 Å². The number of aldehydes is 1. The third-order valence-corrected chi connectivity index (χ3v) is 2.77. The van der Waals surface area contributed by atoms with Crippen LogP contribution in [0, 0.1) is 12.7 Å². The predicted molar refractivity (Wildman–Crippen MR) is 64.8 cm³/mol. The van der Waals surface area contributed by atoms with Gasteiger partial charge in [0.1, 0.15) is 5.82 Å². The lowest BCUT2D eigenvalue weighted by atomic mass is 10.0. The van der Waals surface area contributed by atoms with Gasteiger partial charge in [0.2, 0.25) is 0 Å². The van der Waals surface area contributed by atoms with Crippen molar-refractivity contribution in [2.75, 3.05) is 0 Å². The predicted octanol–water partition coefficient (Wildman–Crippen LogP) is 3.66. The summed E-state index contributed by atoms with van der Waals surface area (Å²) in [4.78, 5) is 14.6. The fourth-order valence-electron chi connectivity index (χ4n) is 1.55. The van der Waals surface area contributed by atoms with Crippen LogP contribution in [0.25, 0.3) is 11.1 Å². The van der Waals surface area contributed by atoms with E-state index in [-0.39, 0.29) is 5.82 Å². The first-order valence-electron chi connectivity index (χ1n) is 4.98. The molecule has 0 amide bonds. The SMILES string of the molecule is Cc1cc(-c2cncc(C=O)c2)c(Cl)cc1F. The molecule has 0 spiro atoms. The summed E-state index contributed by atoms with van der Waals surface area (Å²) in [6.45, 7) is 1.66. The van der Waals surface area contributed by atoms with E-state index in [9.17, 15) is 9.18 Å². The standard InChI is InChI=1S/C13H9ClFNO/c1-8-2-11(12(14)4-13(8)15)10-3-9(7-17)5-16-6-10/h2-7H,1H3. The minimum absolute atomic E-state index is 0.304. The van der Waals surface area contributed by atoms with E-state index in [4.69, 9.17) is 11.6 Å². The van der Waals surface area contributed by atoms with Crippen molar-refractivity contribution >= 4 is 17.9 Å². The van der Waals surface area contributed by atoms with Gasteiger partial charge in [0, 0.05) is 29.1 Å². The van der Waals surface area contributed by atoms with Crippen molar-refractivity contribution in [1.82, 2.24) is 4.98 Å². The highest BCUT2D eigenvalue weighted by Crippen LogP contribution is 2.30. The second-order valence-corrected chi connectivity index (χ2v) is 4.11. The molecule has 0 atom stereocenters. The molecule has 0 aliphatic rings. The lowest BCUT2D eigenvalue weighted by Crippen LogP contribution is -1.89. The normalized spacial score (nSPS) is 10.3. The van der Waals surface area contributed by atoms with Gasteiger partial charge >= 0.3 is 0 Å². The molecule has 2 aromatic rings. The van der Waals surface area contributed by atoms with E-state index >= 15 is 0 Å². The maximum absolute atomic E-state index is 13.3. The number of rotatable bonds is 2. The molecule has 0 radical (unpaired) electrons. The first-order valence-corrected chi connectivity index (χ1v) is 5.36. The van der Waals surface area contributed by atoms with Crippen LogP contribution in [0.5, 0.6) is 0 Å². The Kier molecular flexibility index (Phi) is 3.20. The highest BCUT2D eigenvalue weighted by atomic mass is 35.5. The van der Waals surface area contributed by atoms with Gasteiger partial charge in [-0.3, -0.25) is 9.78 Å². The number of aryl methyl sites for hydroxylation is 1. The molecule has 1 heterocycles. The van der Waals surface area contributed by atoms with E-state index in [2.05, 4.69) is 4.98 Å². The first kappa shape index (κ1) is 11.7. The number of hydrogen-bond acceptors (Lipinski definition) is 2. The van der Waals surface area contributed by atoms with Crippen molar-refractivity contribution in [3.05, 3.63) is 52.6 Å². The number of halogens is 2. The van der Waals surface area contributed by atoms with Crippen LogP contribution in [0.2, 0.25) is 5.02 Å². The average Bonchev–Trinajstić information content (AvgIpc) is 2.34. The van der Waals surface area contributed by atoms with Crippen LogP contribution in [-0.4, -0.2) is 11.3 Å². The summed E-state index contributed by atoms with van der Waals surface area (Å²) in [5.41, 5.74) is 2.32. The van der Waals surface area contributed by atoms with E-state index in [0.717, 1.165) is 0 Å². The Morgan fingerprint density at radius 2 is 2.06 bits per heavy atom. The zero-order valence-electron chi connectivity index (χ0n) is 9.08. The van der Waals surface area contributed by atoms with Gasteiger partial charge in [-0.2, -0.15) is 0 Å². The van der Waals surface area contributed by atoms with Gasteiger partial charge in [0.25, 0.3) is 0 Å². The molecular weight excluding hydrogens is 241 g/mol. The van der Waals surface area contributed by atoms with Gasteiger partial charge in [0.15, 0.2) is 6.29 Å². The summed E-state index contributed by atoms with van der Waals surface area (Å²) in [6, 6.07) is 4.57. The zero-order chi connectivity index (χ0) is 12.4. The molecule has 0 N–H and O–H groups in total. The molecule has 4 heteroatoms. The Hall–Kier alpha value is -1.74. The lowest BCUT2D eigenvalue weighted by molar-refractivity contribution is 0.112. The van der Waals surface area contributed by atoms with Crippen LogP contribution in [0.15, 0.2) is 30.6 Å². The number of benzene rings is 1. The van der Waals surface area contributed by atoms with Crippen molar-refractivity contribution < 1.29 is 9.18 Å². The van der Waals surface area contributed by atoms with E-state index in [1.54, 1.807) is 25.3 Å². The first-order chi connectivity index (χ1) is 8.11. The van der Waals surface area contributed by atoms with E-state index in [0.29, 0.717) is 33.6 Å². The Labute approximate surface area is 103 Å². The van der Waals surface area contributed by atoms with Crippen LogP contribution in [0.4, 0.5) is 4.39 Å². The fourth-order valence-corrected chi connectivity index (χ4v) is 1.81. The van der Waals surface area contributed by atoms with Gasteiger partial charge in [0.05, 0.1) is 5.02 Å². The third kappa shape index (κ3) is 2.34. The highest BCUT2D eigenvalue weighted by Gasteiger charge is 2.08. The molecule has 0 bridgehead atoms. The second-order valence-electron chi connectivity index (χ2n) is 3.71. The molecule has 0 fully saturated rings. The number of pyridine rings is 1. The Morgan fingerprint density at radius 3 is 2.76 bits per heavy atom. The molecular formula is C13H9ClFNO. The summed E-state index contributed by atoms with van der Waals surface area (Å²) >= 11 is 5.98. The van der Waals surface area contributed by atoms with Crippen molar-refractivity contribution in [3.63, 3.8) is 0 Å². The molecule has 0 aliphatic carbocycles. The average molecular weight is 250 g/mol. The lowest BCUT2D eigenvalue weighted by Gasteiger charge is -2.07. The fraction of sp³-hybridized carbons (Fsp3) is 0.0769. The van der Waals surface area contributed by atoms with E-state index in [1.165, 1.54) is 12.3 Å². The van der Waals surface area contributed by atoms with Crippen molar-refractivity contribution in [3.8, 4) is 11.1 Å². The summed E-state index contributed by atoms with van der Waals surface area (Å²) in [5, 5.41) is 0.304. The molecule has 86 valence electrons. The Balaban J connectivity index is 2.59. The molecule has 1 aromatic carbocycles. The largest absolute Gasteiger partial charge is 0.298 e. The maximum Gasteiger partial charge on any atom is 0.151 e.